The number of benzene rings is 1. The van der Waals surface area contributed by atoms with E-state index in [-0.39, 0.29) is 18.6 Å². The summed E-state index contributed by atoms with van der Waals surface area (Å²) < 4.78 is 5.00. The first-order valence-corrected chi connectivity index (χ1v) is 5.43. The van der Waals surface area contributed by atoms with Crippen LogP contribution in [0.15, 0.2) is 18.2 Å². The number of amides is 1. The van der Waals surface area contributed by atoms with Crippen molar-refractivity contribution in [3.8, 4) is 5.75 Å². The van der Waals surface area contributed by atoms with Gasteiger partial charge in [0.1, 0.15) is 5.75 Å². The molecule has 1 rings (SSSR count). The lowest BCUT2D eigenvalue weighted by Gasteiger charge is -2.13. The van der Waals surface area contributed by atoms with Crippen molar-refractivity contribution in [2.75, 3.05) is 19.5 Å². The number of rotatable bonds is 5. The van der Waals surface area contributed by atoms with E-state index in [1.165, 1.54) is 7.11 Å². The molecule has 1 amide bonds. The van der Waals surface area contributed by atoms with Crippen LogP contribution in [0.25, 0.3) is 0 Å². The highest BCUT2D eigenvalue weighted by Gasteiger charge is 2.12. The summed E-state index contributed by atoms with van der Waals surface area (Å²) in [7, 11) is 1.54. The Morgan fingerprint density at radius 1 is 1.59 bits per heavy atom. The number of hydrogen-bond acceptors (Lipinski definition) is 4. The van der Waals surface area contributed by atoms with E-state index in [0.29, 0.717) is 23.4 Å². The van der Waals surface area contributed by atoms with Crippen LogP contribution < -0.4 is 15.8 Å². The lowest BCUT2D eigenvalue weighted by molar-refractivity contribution is 0.0935. The third-order valence-corrected chi connectivity index (χ3v) is 2.44. The van der Waals surface area contributed by atoms with Gasteiger partial charge >= 0.3 is 0 Å². The molecule has 0 aliphatic carbocycles. The van der Waals surface area contributed by atoms with Crippen molar-refractivity contribution in [1.29, 1.82) is 0 Å². The first-order chi connectivity index (χ1) is 8.08. The Morgan fingerprint density at radius 2 is 2.29 bits per heavy atom. The van der Waals surface area contributed by atoms with Gasteiger partial charge in [0.2, 0.25) is 0 Å². The monoisotopic (exact) mass is 238 g/mol. The Bertz CT molecular complexity index is 393. The van der Waals surface area contributed by atoms with Crippen molar-refractivity contribution in [2.24, 2.45) is 0 Å². The van der Waals surface area contributed by atoms with Crippen molar-refractivity contribution in [3.63, 3.8) is 0 Å². The molecular formula is C12H18N2O3. The van der Waals surface area contributed by atoms with Crippen molar-refractivity contribution >= 4 is 11.6 Å². The molecule has 1 unspecified atom stereocenters. The minimum atomic E-state index is -0.244. The molecule has 1 atom stereocenters. The van der Waals surface area contributed by atoms with Gasteiger partial charge in [-0.2, -0.15) is 0 Å². The number of nitrogens with two attached hydrogens (primary N) is 1. The van der Waals surface area contributed by atoms with E-state index in [9.17, 15) is 4.79 Å². The van der Waals surface area contributed by atoms with Crippen molar-refractivity contribution in [1.82, 2.24) is 5.32 Å². The van der Waals surface area contributed by atoms with Gasteiger partial charge in [-0.15, -0.1) is 0 Å². The molecule has 0 aromatic heterocycles. The summed E-state index contributed by atoms with van der Waals surface area (Å²) >= 11 is 0. The molecule has 4 N–H and O–H groups in total. The SMILES string of the molecule is COc1ccc(C(=O)NC(C)CCO)c(N)c1. The Hall–Kier alpha value is -1.75. The maximum Gasteiger partial charge on any atom is 0.253 e. The van der Waals surface area contributed by atoms with Crippen LogP contribution in [-0.4, -0.2) is 30.8 Å². The Balaban J connectivity index is 2.75. The van der Waals surface area contributed by atoms with Crippen LogP contribution in [0.1, 0.15) is 23.7 Å². The largest absolute Gasteiger partial charge is 0.497 e. The number of ether oxygens (including phenoxy) is 1. The molecule has 1 aromatic carbocycles. The standard InChI is InChI=1S/C12H18N2O3/c1-8(5-6-15)14-12(16)10-4-3-9(17-2)7-11(10)13/h3-4,7-8,15H,5-6,13H2,1-2H3,(H,14,16). The molecule has 1 aromatic rings. The summed E-state index contributed by atoms with van der Waals surface area (Å²) in [4.78, 5) is 11.8. The lowest BCUT2D eigenvalue weighted by atomic mass is 10.1. The highest BCUT2D eigenvalue weighted by molar-refractivity contribution is 5.99. The first kappa shape index (κ1) is 13.3. The van der Waals surface area contributed by atoms with Gasteiger partial charge in [-0.3, -0.25) is 4.79 Å². The van der Waals surface area contributed by atoms with Crippen molar-refractivity contribution in [3.05, 3.63) is 23.8 Å². The molecule has 5 nitrogen and oxygen atoms in total. The molecule has 0 spiro atoms. The van der Waals surface area contributed by atoms with E-state index < -0.39 is 0 Å². The molecule has 0 fully saturated rings. The van der Waals surface area contributed by atoms with Crippen LogP contribution in [0.4, 0.5) is 5.69 Å². The van der Waals surface area contributed by atoms with Crippen molar-refractivity contribution < 1.29 is 14.6 Å². The summed E-state index contributed by atoms with van der Waals surface area (Å²) in [6, 6.07) is 4.82. The minimum absolute atomic E-state index is 0.0412. The van der Waals surface area contributed by atoms with Crippen LogP contribution in [0.2, 0.25) is 0 Å². The summed E-state index contributed by atoms with van der Waals surface area (Å²) in [6.07, 6.45) is 0.516. The highest BCUT2D eigenvalue weighted by atomic mass is 16.5. The zero-order valence-electron chi connectivity index (χ0n) is 10.1. The van der Waals surface area contributed by atoms with Gasteiger partial charge in [0.05, 0.1) is 12.7 Å². The molecule has 0 radical (unpaired) electrons. The summed E-state index contributed by atoms with van der Waals surface area (Å²) in [6.45, 7) is 1.87. The molecule has 0 bridgehead atoms. The first-order valence-electron chi connectivity index (χ1n) is 5.43. The molecule has 0 aliphatic rings. The second-order valence-electron chi connectivity index (χ2n) is 3.84. The van der Waals surface area contributed by atoms with Gasteiger partial charge < -0.3 is 20.9 Å². The number of anilines is 1. The maximum atomic E-state index is 11.8. The van der Waals surface area contributed by atoms with Gasteiger partial charge in [0.15, 0.2) is 0 Å². The predicted molar refractivity (Wildman–Crippen MR) is 66.0 cm³/mol. The van der Waals surface area contributed by atoms with Crippen LogP contribution >= 0.6 is 0 Å². The third-order valence-electron chi connectivity index (χ3n) is 2.44. The number of nitrogen functional groups attached to an aromatic ring is 1. The van der Waals surface area contributed by atoms with Gasteiger partial charge in [-0.05, 0) is 25.5 Å². The number of methoxy groups -OCH3 is 1. The smallest absolute Gasteiger partial charge is 0.253 e. The minimum Gasteiger partial charge on any atom is -0.497 e. The molecule has 94 valence electrons. The van der Waals surface area contributed by atoms with E-state index in [4.69, 9.17) is 15.6 Å². The van der Waals surface area contributed by atoms with E-state index >= 15 is 0 Å². The van der Waals surface area contributed by atoms with E-state index in [0.717, 1.165) is 0 Å². The van der Waals surface area contributed by atoms with Gasteiger partial charge in [0.25, 0.3) is 5.91 Å². The third kappa shape index (κ3) is 3.64. The second-order valence-corrected chi connectivity index (χ2v) is 3.84. The van der Waals surface area contributed by atoms with Crippen LogP contribution in [-0.2, 0) is 0 Å². The van der Waals surface area contributed by atoms with Crippen molar-refractivity contribution in [2.45, 2.75) is 19.4 Å². The summed E-state index contributed by atoms with van der Waals surface area (Å²) in [5.41, 5.74) is 6.54. The second kappa shape index (κ2) is 6.10. The number of aliphatic hydroxyl groups is 1. The zero-order chi connectivity index (χ0) is 12.8. The number of nitrogens with one attached hydrogen (secondary N) is 1. The fourth-order valence-corrected chi connectivity index (χ4v) is 1.44. The molecule has 0 heterocycles. The maximum absolute atomic E-state index is 11.8. The molecule has 5 heteroatoms. The Labute approximate surface area is 101 Å². The topological polar surface area (TPSA) is 84.6 Å². The van der Waals surface area contributed by atoms with Crippen LogP contribution in [0, 0.1) is 0 Å². The highest BCUT2D eigenvalue weighted by Crippen LogP contribution is 2.19. The van der Waals surface area contributed by atoms with Crippen LogP contribution in [0.3, 0.4) is 0 Å². The Kier molecular flexibility index (Phi) is 4.78. The van der Waals surface area contributed by atoms with Gasteiger partial charge in [0, 0.05) is 24.4 Å². The summed E-state index contributed by atoms with van der Waals surface area (Å²) in [5, 5.41) is 11.5. The predicted octanol–water partition coefficient (Wildman–Crippen LogP) is 0.778. The molecule has 17 heavy (non-hydrogen) atoms. The van der Waals surface area contributed by atoms with E-state index in [1.807, 2.05) is 6.92 Å². The fourth-order valence-electron chi connectivity index (χ4n) is 1.44. The normalized spacial score (nSPS) is 11.9. The molecule has 0 saturated heterocycles. The van der Waals surface area contributed by atoms with Gasteiger partial charge in [-0.1, -0.05) is 0 Å². The Morgan fingerprint density at radius 3 is 2.82 bits per heavy atom. The molecule has 0 aliphatic heterocycles. The average Bonchev–Trinajstić information content (AvgIpc) is 2.28. The lowest BCUT2D eigenvalue weighted by Crippen LogP contribution is -2.33. The van der Waals surface area contributed by atoms with E-state index in [2.05, 4.69) is 5.32 Å². The number of carbonyl (C=O) groups excluding carboxylic acids is 1. The number of aliphatic hydroxyl groups excluding tert-OH is 1. The summed E-state index contributed by atoms with van der Waals surface area (Å²) in [5.74, 6) is 0.369. The van der Waals surface area contributed by atoms with Gasteiger partial charge in [-0.25, -0.2) is 0 Å². The van der Waals surface area contributed by atoms with Crippen LogP contribution in [0.5, 0.6) is 5.75 Å². The molecular weight excluding hydrogens is 220 g/mol. The molecule has 0 saturated carbocycles. The average molecular weight is 238 g/mol. The zero-order valence-corrected chi connectivity index (χ0v) is 10.1. The fraction of sp³-hybridized carbons (Fsp3) is 0.417. The number of carbonyl (C=O) groups is 1. The number of hydrogen-bond donors (Lipinski definition) is 3. The van der Waals surface area contributed by atoms with E-state index in [1.54, 1.807) is 18.2 Å². The quantitative estimate of drug-likeness (QED) is 0.662.